The summed E-state index contributed by atoms with van der Waals surface area (Å²) < 4.78 is 29.7. The zero-order valence-electron chi connectivity index (χ0n) is 13.0. The molecule has 0 saturated heterocycles. The van der Waals surface area contributed by atoms with Crippen molar-refractivity contribution in [1.82, 2.24) is 14.3 Å². The first kappa shape index (κ1) is 17.7. The van der Waals surface area contributed by atoms with Crippen LogP contribution in [0.5, 0.6) is 0 Å². The Balaban J connectivity index is 1.99. The molecule has 0 radical (unpaired) electrons. The second kappa shape index (κ2) is 7.75. The molecule has 1 unspecified atom stereocenters. The molecule has 124 valence electrons. The Morgan fingerprint density at radius 2 is 2.00 bits per heavy atom. The van der Waals surface area contributed by atoms with Gasteiger partial charge in [0.15, 0.2) is 0 Å². The summed E-state index contributed by atoms with van der Waals surface area (Å²) in [4.78, 5) is 1.98. The highest BCUT2D eigenvalue weighted by Crippen LogP contribution is 2.21. The molecular formula is C15H24ClN3O2S. The minimum Gasteiger partial charge on any atom is -0.301 e. The maximum Gasteiger partial charge on any atom is 0.277 e. The van der Waals surface area contributed by atoms with Gasteiger partial charge < -0.3 is 4.90 Å². The van der Waals surface area contributed by atoms with E-state index in [9.17, 15) is 8.42 Å². The zero-order chi connectivity index (χ0) is 16.2. The molecule has 0 heterocycles. The lowest BCUT2D eigenvalue weighted by Crippen LogP contribution is -2.44. The van der Waals surface area contributed by atoms with E-state index >= 15 is 0 Å². The Morgan fingerprint density at radius 3 is 2.59 bits per heavy atom. The fourth-order valence-electron chi connectivity index (χ4n) is 2.81. The van der Waals surface area contributed by atoms with Gasteiger partial charge in [-0.3, -0.25) is 0 Å². The molecule has 1 saturated carbocycles. The van der Waals surface area contributed by atoms with Crippen LogP contribution >= 0.6 is 11.6 Å². The van der Waals surface area contributed by atoms with Crippen LogP contribution in [0.25, 0.3) is 0 Å². The summed E-state index contributed by atoms with van der Waals surface area (Å²) in [5.74, 6) is 0. The maximum absolute atomic E-state index is 12.1. The Hall–Kier alpha value is -0.660. The smallest absolute Gasteiger partial charge is 0.277 e. The van der Waals surface area contributed by atoms with Gasteiger partial charge in [-0.2, -0.15) is 13.1 Å². The minimum atomic E-state index is -3.47. The maximum atomic E-state index is 12.1. The molecule has 0 aliphatic heterocycles. The van der Waals surface area contributed by atoms with E-state index in [0.717, 1.165) is 31.2 Å². The van der Waals surface area contributed by atoms with Gasteiger partial charge in [0, 0.05) is 23.7 Å². The van der Waals surface area contributed by atoms with Gasteiger partial charge in [-0.05, 0) is 44.6 Å². The highest BCUT2D eigenvalue weighted by atomic mass is 35.5. The number of halogens is 1. The molecule has 1 aromatic carbocycles. The summed E-state index contributed by atoms with van der Waals surface area (Å²) >= 11 is 6.03. The lowest BCUT2D eigenvalue weighted by Gasteiger charge is -2.25. The summed E-state index contributed by atoms with van der Waals surface area (Å²) in [5.41, 5.74) is 0.987. The molecule has 0 bridgehead atoms. The van der Waals surface area contributed by atoms with Crippen LogP contribution in [0.4, 0.5) is 0 Å². The quantitative estimate of drug-likeness (QED) is 0.797. The number of nitrogens with zero attached hydrogens (tertiary/aromatic N) is 1. The fraction of sp³-hybridized carbons (Fsp3) is 0.600. The average Bonchev–Trinajstić information content (AvgIpc) is 2.90. The first-order valence-corrected chi connectivity index (χ1v) is 9.42. The Bertz CT molecular complexity index is 586. The number of rotatable bonds is 7. The number of hydrogen-bond donors (Lipinski definition) is 2. The molecule has 0 aromatic heterocycles. The minimum absolute atomic E-state index is 0.0705. The van der Waals surface area contributed by atoms with Gasteiger partial charge in [0.2, 0.25) is 0 Å². The predicted octanol–water partition coefficient (Wildman–Crippen LogP) is 2.31. The van der Waals surface area contributed by atoms with Crippen molar-refractivity contribution in [3.63, 3.8) is 0 Å². The van der Waals surface area contributed by atoms with Gasteiger partial charge in [0.05, 0.1) is 0 Å². The molecule has 1 aromatic rings. The third kappa shape index (κ3) is 5.21. The van der Waals surface area contributed by atoms with Crippen molar-refractivity contribution in [2.45, 2.75) is 37.8 Å². The lowest BCUT2D eigenvalue weighted by atomic mass is 10.1. The van der Waals surface area contributed by atoms with Crippen LogP contribution in [0.15, 0.2) is 24.3 Å². The third-order valence-corrected chi connectivity index (χ3v) is 5.43. The van der Waals surface area contributed by atoms with Crippen LogP contribution in [-0.2, 0) is 10.2 Å². The predicted molar refractivity (Wildman–Crippen MR) is 90.2 cm³/mol. The van der Waals surface area contributed by atoms with Gasteiger partial charge in [-0.25, -0.2) is 4.72 Å². The third-order valence-electron chi connectivity index (χ3n) is 4.00. The van der Waals surface area contributed by atoms with E-state index in [1.807, 2.05) is 43.3 Å². The van der Waals surface area contributed by atoms with Crippen molar-refractivity contribution >= 4 is 21.8 Å². The van der Waals surface area contributed by atoms with Crippen molar-refractivity contribution in [2.24, 2.45) is 0 Å². The summed E-state index contributed by atoms with van der Waals surface area (Å²) in [6.07, 6.45) is 4.03. The van der Waals surface area contributed by atoms with Crippen LogP contribution < -0.4 is 9.44 Å². The van der Waals surface area contributed by atoms with Crippen LogP contribution in [0.3, 0.4) is 0 Å². The summed E-state index contributed by atoms with van der Waals surface area (Å²) in [7, 11) is 0.370. The highest BCUT2D eigenvalue weighted by Gasteiger charge is 2.23. The van der Waals surface area contributed by atoms with Gasteiger partial charge in [-0.1, -0.05) is 36.6 Å². The van der Waals surface area contributed by atoms with Crippen molar-refractivity contribution in [2.75, 3.05) is 20.6 Å². The van der Waals surface area contributed by atoms with Crippen molar-refractivity contribution < 1.29 is 8.42 Å². The summed E-state index contributed by atoms with van der Waals surface area (Å²) in [5, 5.41) is 0.649. The van der Waals surface area contributed by atoms with E-state index in [2.05, 4.69) is 9.44 Å². The first-order chi connectivity index (χ1) is 10.4. The molecule has 1 aliphatic rings. The van der Waals surface area contributed by atoms with Gasteiger partial charge in [0.1, 0.15) is 0 Å². The van der Waals surface area contributed by atoms with E-state index in [0.29, 0.717) is 11.6 Å². The molecule has 2 rings (SSSR count). The topological polar surface area (TPSA) is 61.4 Å². The molecule has 1 aliphatic carbocycles. The Morgan fingerprint density at radius 1 is 1.32 bits per heavy atom. The molecule has 22 heavy (non-hydrogen) atoms. The summed E-state index contributed by atoms with van der Waals surface area (Å²) in [6, 6.07) is 7.50. The van der Waals surface area contributed by atoms with E-state index in [1.165, 1.54) is 0 Å². The highest BCUT2D eigenvalue weighted by molar-refractivity contribution is 7.87. The molecule has 2 N–H and O–H groups in total. The normalized spacial score (nSPS) is 18.0. The molecule has 0 spiro atoms. The summed E-state index contributed by atoms with van der Waals surface area (Å²) in [6.45, 7) is 0.301. The Kier molecular flexibility index (Phi) is 6.23. The van der Waals surface area contributed by atoms with E-state index in [-0.39, 0.29) is 12.1 Å². The zero-order valence-corrected chi connectivity index (χ0v) is 14.6. The average molecular weight is 346 g/mol. The van der Waals surface area contributed by atoms with Gasteiger partial charge in [0.25, 0.3) is 10.2 Å². The van der Waals surface area contributed by atoms with E-state index < -0.39 is 10.2 Å². The second-order valence-corrected chi connectivity index (χ2v) is 7.95. The van der Waals surface area contributed by atoms with Crippen molar-refractivity contribution in [1.29, 1.82) is 0 Å². The molecule has 1 atom stereocenters. The Labute approximate surface area is 138 Å². The second-order valence-electron chi connectivity index (χ2n) is 5.99. The van der Waals surface area contributed by atoms with Crippen LogP contribution in [-0.4, -0.2) is 40.0 Å². The number of benzene rings is 1. The lowest BCUT2D eigenvalue weighted by molar-refractivity contribution is 0.299. The van der Waals surface area contributed by atoms with Crippen molar-refractivity contribution in [3.8, 4) is 0 Å². The van der Waals surface area contributed by atoms with Crippen LogP contribution in [0.1, 0.15) is 37.3 Å². The molecular weight excluding hydrogens is 322 g/mol. The van der Waals surface area contributed by atoms with E-state index in [4.69, 9.17) is 11.6 Å². The number of hydrogen-bond acceptors (Lipinski definition) is 3. The fourth-order valence-corrected chi connectivity index (χ4v) is 4.14. The van der Waals surface area contributed by atoms with Crippen LogP contribution in [0.2, 0.25) is 5.02 Å². The number of likely N-dealkylation sites (N-methyl/N-ethyl adjacent to an activating group) is 1. The standard InChI is InChI=1S/C15H24ClN3O2S/c1-19(2)15(12-6-5-7-13(16)10-12)11-17-22(20,21)18-14-8-3-4-9-14/h5-7,10,14-15,17-18H,3-4,8-9,11H2,1-2H3. The van der Waals surface area contributed by atoms with E-state index in [1.54, 1.807) is 0 Å². The molecule has 5 nitrogen and oxygen atoms in total. The molecule has 7 heteroatoms. The largest absolute Gasteiger partial charge is 0.301 e. The van der Waals surface area contributed by atoms with Gasteiger partial charge >= 0.3 is 0 Å². The molecule has 1 fully saturated rings. The van der Waals surface area contributed by atoms with Crippen molar-refractivity contribution in [3.05, 3.63) is 34.9 Å². The monoisotopic (exact) mass is 345 g/mol. The van der Waals surface area contributed by atoms with Gasteiger partial charge in [-0.15, -0.1) is 0 Å². The van der Waals surface area contributed by atoms with Crippen LogP contribution in [0, 0.1) is 0 Å². The SMILES string of the molecule is CN(C)C(CNS(=O)(=O)NC1CCCC1)c1cccc(Cl)c1. The molecule has 0 amide bonds. The first-order valence-electron chi connectivity index (χ1n) is 7.56. The number of nitrogens with one attached hydrogen (secondary N) is 2.